The number of esters is 1. The van der Waals surface area contributed by atoms with Crippen LogP contribution in [0, 0.1) is 0 Å². The summed E-state index contributed by atoms with van der Waals surface area (Å²) >= 11 is 0. The lowest BCUT2D eigenvalue weighted by Gasteiger charge is -2.07. The van der Waals surface area contributed by atoms with Crippen LogP contribution in [-0.4, -0.2) is 25.0 Å². The SMILES string of the molecule is COC(=O)c1ccc(CN[C@@H](C)C(N)=O)o1. The van der Waals surface area contributed by atoms with Crippen molar-refractivity contribution in [2.45, 2.75) is 19.5 Å². The van der Waals surface area contributed by atoms with E-state index in [0.717, 1.165) is 0 Å². The number of nitrogens with one attached hydrogen (secondary N) is 1. The van der Waals surface area contributed by atoms with Crippen LogP contribution in [0.4, 0.5) is 0 Å². The van der Waals surface area contributed by atoms with Gasteiger partial charge in [-0.15, -0.1) is 0 Å². The molecule has 1 aromatic rings. The molecule has 0 aliphatic rings. The Kier molecular flexibility index (Phi) is 4.07. The molecule has 0 unspecified atom stereocenters. The number of hydrogen-bond donors (Lipinski definition) is 2. The molecule has 0 radical (unpaired) electrons. The Labute approximate surface area is 92.7 Å². The van der Waals surface area contributed by atoms with Gasteiger partial charge in [0.05, 0.1) is 19.7 Å². The summed E-state index contributed by atoms with van der Waals surface area (Å²) in [6.45, 7) is 1.97. The Balaban J connectivity index is 2.53. The minimum absolute atomic E-state index is 0.131. The van der Waals surface area contributed by atoms with Crippen molar-refractivity contribution in [2.24, 2.45) is 5.73 Å². The molecule has 1 rings (SSSR count). The molecule has 0 saturated heterocycles. The highest BCUT2D eigenvalue weighted by atomic mass is 16.5. The molecule has 0 aromatic carbocycles. The molecule has 0 spiro atoms. The first-order valence-corrected chi connectivity index (χ1v) is 4.74. The summed E-state index contributed by atoms with van der Waals surface area (Å²) in [5.74, 6) is -0.312. The van der Waals surface area contributed by atoms with Crippen LogP contribution >= 0.6 is 0 Å². The largest absolute Gasteiger partial charge is 0.463 e. The Hall–Kier alpha value is -1.82. The standard InChI is InChI=1S/C10H14N2O4/c1-6(9(11)13)12-5-7-3-4-8(16-7)10(14)15-2/h3-4,6,12H,5H2,1-2H3,(H2,11,13)/t6-/m0/s1. The van der Waals surface area contributed by atoms with Crippen LogP contribution in [0.15, 0.2) is 16.5 Å². The average molecular weight is 226 g/mol. The van der Waals surface area contributed by atoms with E-state index >= 15 is 0 Å². The third-order valence-electron chi connectivity index (χ3n) is 2.06. The van der Waals surface area contributed by atoms with Crippen molar-refractivity contribution in [3.05, 3.63) is 23.7 Å². The maximum atomic E-state index is 11.1. The van der Waals surface area contributed by atoms with Crippen LogP contribution in [0.2, 0.25) is 0 Å². The van der Waals surface area contributed by atoms with E-state index < -0.39 is 17.9 Å². The fraction of sp³-hybridized carbons (Fsp3) is 0.400. The summed E-state index contributed by atoms with van der Waals surface area (Å²) in [7, 11) is 1.28. The molecule has 1 aromatic heterocycles. The van der Waals surface area contributed by atoms with Crippen molar-refractivity contribution >= 4 is 11.9 Å². The maximum absolute atomic E-state index is 11.1. The van der Waals surface area contributed by atoms with Crippen molar-refractivity contribution in [1.82, 2.24) is 5.32 Å². The van der Waals surface area contributed by atoms with Gasteiger partial charge in [-0.2, -0.15) is 0 Å². The zero-order valence-corrected chi connectivity index (χ0v) is 9.15. The smallest absolute Gasteiger partial charge is 0.373 e. The van der Waals surface area contributed by atoms with E-state index in [1.165, 1.54) is 13.2 Å². The zero-order chi connectivity index (χ0) is 12.1. The topological polar surface area (TPSA) is 94.6 Å². The molecule has 0 fully saturated rings. The van der Waals surface area contributed by atoms with Crippen LogP contribution in [0.5, 0.6) is 0 Å². The number of rotatable bonds is 5. The lowest BCUT2D eigenvalue weighted by atomic mass is 10.3. The molecule has 6 nitrogen and oxygen atoms in total. The van der Waals surface area contributed by atoms with E-state index in [-0.39, 0.29) is 5.76 Å². The first-order valence-electron chi connectivity index (χ1n) is 4.74. The van der Waals surface area contributed by atoms with Crippen LogP contribution in [0.1, 0.15) is 23.2 Å². The number of nitrogens with two attached hydrogens (primary N) is 1. The van der Waals surface area contributed by atoms with Crippen molar-refractivity contribution in [2.75, 3.05) is 7.11 Å². The van der Waals surface area contributed by atoms with Gasteiger partial charge >= 0.3 is 5.97 Å². The second-order valence-electron chi connectivity index (χ2n) is 3.26. The minimum atomic E-state index is -0.533. The van der Waals surface area contributed by atoms with Crippen LogP contribution < -0.4 is 11.1 Å². The fourth-order valence-corrected chi connectivity index (χ4v) is 1.04. The Morgan fingerprint density at radius 2 is 2.25 bits per heavy atom. The summed E-state index contributed by atoms with van der Waals surface area (Å²) in [4.78, 5) is 21.8. The predicted molar refractivity (Wildman–Crippen MR) is 55.5 cm³/mol. The van der Waals surface area contributed by atoms with Gasteiger partial charge in [-0.1, -0.05) is 0 Å². The van der Waals surface area contributed by atoms with E-state index in [0.29, 0.717) is 12.3 Å². The molecule has 1 atom stereocenters. The van der Waals surface area contributed by atoms with Crippen LogP contribution in [-0.2, 0) is 16.1 Å². The van der Waals surface area contributed by atoms with Gasteiger partial charge < -0.3 is 14.9 Å². The molecule has 0 bridgehead atoms. The summed E-state index contributed by atoms with van der Waals surface area (Å²) in [5, 5.41) is 2.85. The zero-order valence-electron chi connectivity index (χ0n) is 9.15. The van der Waals surface area contributed by atoms with E-state index in [4.69, 9.17) is 10.2 Å². The van der Waals surface area contributed by atoms with Gasteiger partial charge in [0.15, 0.2) is 0 Å². The highest BCUT2D eigenvalue weighted by Crippen LogP contribution is 2.08. The number of methoxy groups -OCH3 is 1. The van der Waals surface area contributed by atoms with E-state index in [2.05, 4.69) is 10.1 Å². The predicted octanol–water partition coefficient (Wildman–Crippen LogP) is 0.0296. The summed E-state index contributed by atoms with van der Waals surface area (Å²) in [5.41, 5.74) is 5.07. The lowest BCUT2D eigenvalue weighted by molar-refractivity contribution is -0.119. The van der Waals surface area contributed by atoms with Gasteiger partial charge in [-0.3, -0.25) is 10.1 Å². The fourth-order valence-electron chi connectivity index (χ4n) is 1.04. The Morgan fingerprint density at radius 1 is 1.56 bits per heavy atom. The third-order valence-corrected chi connectivity index (χ3v) is 2.06. The molecule has 3 N–H and O–H groups in total. The quantitative estimate of drug-likeness (QED) is 0.691. The van der Waals surface area contributed by atoms with Crippen LogP contribution in [0.25, 0.3) is 0 Å². The molecule has 6 heteroatoms. The highest BCUT2D eigenvalue weighted by molar-refractivity contribution is 5.86. The van der Waals surface area contributed by atoms with Crippen LogP contribution in [0.3, 0.4) is 0 Å². The van der Waals surface area contributed by atoms with E-state index in [1.54, 1.807) is 13.0 Å². The Morgan fingerprint density at radius 3 is 2.81 bits per heavy atom. The van der Waals surface area contributed by atoms with E-state index in [9.17, 15) is 9.59 Å². The van der Waals surface area contributed by atoms with Crippen molar-refractivity contribution in [3.63, 3.8) is 0 Å². The van der Waals surface area contributed by atoms with Gasteiger partial charge in [-0.25, -0.2) is 4.79 Å². The van der Waals surface area contributed by atoms with Gasteiger partial charge in [-0.05, 0) is 19.1 Å². The molecule has 1 heterocycles. The average Bonchev–Trinajstić information content (AvgIpc) is 2.73. The number of furan rings is 1. The number of hydrogen-bond acceptors (Lipinski definition) is 5. The highest BCUT2D eigenvalue weighted by Gasteiger charge is 2.12. The Bertz CT molecular complexity index is 386. The molecule has 88 valence electrons. The summed E-state index contributed by atoms with van der Waals surface area (Å²) in [6, 6.07) is 2.69. The number of carbonyl (C=O) groups excluding carboxylic acids is 2. The lowest BCUT2D eigenvalue weighted by Crippen LogP contribution is -2.38. The van der Waals surface area contributed by atoms with Gasteiger partial charge in [0.25, 0.3) is 0 Å². The molecule has 0 saturated carbocycles. The van der Waals surface area contributed by atoms with Gasteiger partial charge in [0.2, 0.25) is 11.7 Å². The monoisotopic (exact) mass is 226 g/mol. The molecule has 0 aliphatic carbocycles. The number of primary amides is 1. The normalized spacial score (nSPS) is 12.1. The first-order chi connectivity index (χ1) is 7.54. The van der Waals surface area contributed by atoms with Crippen molar-refractivity contribution in [3.8, 4) is 0 Å². The molecular formula is C10H14N2O4. The number of ether oxygens (including phenoxy) is 1. The third kappa shape index (κ3) is 3.09. The number of amides is 1. The van der Waals surface area contributed by atoms with Crippen molar-refractivity contribution in [1.29, 1.82) is 0 Å². The molecule has 0 aliphatic heterocycles. The van der Waals surface area contributed by atoms with Crippen molar-refractivity contribution < 1.29 is 18.7 Å². The first kappa shape index (κ1) is 12.3. The van der Waals surface area contributed by atoms with Gasteiger partial charge in [0, 0.05) is 0 Å². The van der Waals surface area contributed by atoms with E-state index in [1.807, 2.05) is 0 Å². The molecule has 1 amide bonds. The molecular weight excluding hydrogens is 212 g/mol. The second-order valence-corrected chi connectivity index (χ2v) is 3.26. The minimum Gasteiger partial charge on any atom is -0.463 e. The number of carbonyl (C=O) groups is 2. The van der Waals surface area contributed by atoms with Gasteiger partial charge in [0.1, 0.15) is 5.76 Å². The summed E-state index contributed by atoms with van der Waals surface area (Å²) < 4.78 is 9.66. The second kappa shape index (κ2) is 5.32. The maximum Gasteiger partial charge on any atom is 0.373 e. The summed E-state index contributed by atoms with van der Waals surface area (Å²) in [6.07, 6.45) is 0. The molecule has 16 heavy (non-hydrogen) atoms.